The van der Waals surface area contributed by atoms with Crippen molar-refractivity contribution in [3.8, 4) is 5.75 Å². The standard InChI is InChI=1S/C27H35ClN4O5Si/c1-5-22(23(33)26(35)29-16-19-12-9-13-20(28)24(19)37-4)38-32-25(34)21(14-17(2)3)31-27(36)30-15-18-10-7-6-8-11-18/h6-13,17,21-22H,5,14-16H2,1-4H3,(H,29,35)(H,32,34)(H2,30,31,36)/t21-,22-/m0/s1. The van der Waals surface area contributed by atoms with E-state index in [0.717, 1.165) is 5.56 Å². The molecule has 2 aromatic rings. The summed E-state index contributed by atoms with van der Waals surface area (Å²) in [6.07, 6.45) is 0.785. The molecule has 38 heavy (non-hydrogen) atoms. The predicted molar refractivity (Wildman–Crippen MR) is 148 cm³/mol. The van der Waals surface area contributed by atoms with Crippen LogP contribution in [-0.2, 0) is 27.5 Å². The average molecular weight is 559 g/mol. The molecule has 0 heterocycles. The summed E-state index contributed by atoms with van der Waals surface area (Å²) in [5.74, 6) is -1.21. The fourth-order valence-electron chi connectivity index (χ4n) is 3.63. The molecule has 2 rings (SSSR count). The van der Waals surface area contributed by atoms with E-state index in [1.807, 2.05) is 44.2 Å². The Labute approximate surface area is 231 Å². The molecule has 0 unspecified atom stereocenters. The summed E-state index contributed by atoms with van der Waals surface area (Å²) in [5.41, 5.74) is 0.885. The first kappa shape index (κ1) is 30.8. The van der Waals surface area contributed by atoms with Crippen molar-refractivity contribution < 1.29 is 23.9 Å². The van der Waals surface area contributed by atoms with Gasteiger partial charge in [-0.2, -0.15) is 0 Å². The maximum absolute atomic E-state index is 12.9. The highest BCUT2D eigenvalue weighted by Crippen LogP contribution is 2.28. The minimum atomic E-state index is -0.782. The lowest BCUT2D eigenvalue weighted by atomic mass is 10.0. The summed E-state index contributed by atoms with van der Waals surface area (Å²) in [4.78, 5) is 53.5. The third-order valence-electron chi connectivity index (χ3n) is 5.63. The smallest absolute Gasteiger partial charge is 0.315 e. The molecule has 0 saturated carbocycles. The van der Waals surface area contributed by atoms with Crippen molar-refractivity contribution in [2.24, 2.45) is 5.92 Å². The number of para-hydroxylation sites is 1. The van der Waals surface area contributed by atoms with Gasteiger partial charge in [-0.15, -0.1) is 0 Å². The zero-order chi connectivity index (χ0) is 28.1. The number of carbonyl (C=O) groups is 4. The molecular weight excluding hydrogens is 524 g/mol. The topological polar surface area (TPSA) is 126 Å². The van der Waals surface area contributed by atoms with E-state index in [4.69, 9.17) is 16.3 Å². The Kier molecular flexibility index (Phi) is 12.8. The number of ketones is 1. The molecule has 9 nitrogen and oxygen atoms in total. The van der Waals surface area contributed by atoms with Gasteiger partial charge in [0.15, 0.2) is 9.68 Å². The number of ether oxygens (including phenoxy) is 1. The first-order valence-corrected chi connectivity index (χ1v) is 13.9. The number of benzene rings is 2. The molecule has 0 aliphatic heterocycles. The minimum absolute atomic E-state index is 0.0681. The van der Waals surface area contributed by atoms with Crippen molar-refractivity contribution >= 4 is 44.9 Å². The molecule has 0 fully saturated rings. The van der Waals surface area contributed by atoms with Gasteiger partial charge in [0, 0.05) is 24.2 Å². The summed E-state index contributed by atoms with van der Waals surface area (Å²) in [6, 6.07) is 13.3. The van der Waals surface area contributed by atoms with Gasteiger partial charge in [0.2, 0.25) is 11.7 Å². The fourth-order valence-corrected chi connectivity index (χ4v) is 4.86. The number of carbonyl (C=O) groups excluding carboxylic acids is 4. The Balaban J connectivity index is 1.91. The second kappa shape index (κ2) is 15.8. The molecule has 11 heteroatoms. The van der Waals surface area contributed by atoms with Crippen molar-refractivity contribution in [3.05, 3.63) is 64.7 Å². The predicted octanol–water partition coefficient (Wildman–Crippen LogP) is 3.38. The Morgan fingerprint density at radius 1 is 0.974 bits per heavy atom. The molecule has 2 radical (unpaired) electrons. The molecule has 0 bridgehead atoms. The van der Waals surface area contributed by atoms with Crippen LogP contribution >= 0.6 is 11.6 Å². The molecular formula is C27H35ClN4O5Si. The number of Topliss-reactive ketones (excluding diaryl/α,β-unsaturated/α-hetero) is 1. The van der Waals surface area contributed by atoms with Crippen molar-refractivity contribution in [2.75, 3.05) is 7.11 Å². The van der Waals surface area contributed by atoms with Crippen molar-refractivity contribution in [3.63, 3.8) is 0 Å². The van der Waals surface area contributed by atoms with Crippen LogP contribution in [0.4, 0.5) is 4.79 Å². The van der Waals surface area contributed by atoms with E-state index < -0.39 is 35.2 Å². The van der Waals surface area contributed by atoms with Crippen LogP contribution in [0.2, 0.25) is 10.6 Å². The SMILES string of the molecule is CC[C@H]([Si]NC(=O)[C@H](CC(C)C)NC(=O)NCc1ccccc1)C(=O)C(=O)NCc1cccc(Cl)c1OC. The number of amides is 4. The Morgan fingerprint density at radius 3 is 2.32 bits per heavy atom. The summed E-state index contributed by atoms with van der Waals surface area (Å²) >= 11 is 6.11. The lowest BCUT2D eigenvalue weighted by Gasteiger charge is -2.21. The average Bonchev–Trinajstić information content (AvgIpc) is 2.90. The summed E-state index contributed by atoms with van der Waals surface area (Å²) in [5, 5.41) is 8.48. The zero-order valence-corrected chi connectivity index (χ0v) is 23.9. The van der Waals surface area contributed by atoms with Gasteiger partial charge in [-0.25, -0.2) is 4.79 Å². The highest BCUT2D eigenvalue weighted by Gasteiger charge is 2.28. The number of urea groups is 1. The third kappa shape index (κ3) is 9.83. The van der Waals surface area contributed by atoms with Crippen LogP contribution in [0.5, 0.6) is 5.75 Å². The largest absolute Gasteiger partial charge is 0.495 e. The normalized spacial score (nSPS) is 12.3. The zero-order valence-electron chi connectivity index (χ0n) is 22.1. The van der Waals surface area contributed by atoms with Crippen LogP contribution in [0, 0.1) is 5.92 Å². The molecule has 204 valence electrons. The summed E-state index contributed by atoms with van der Waals surface area (Å²) in [6.45, 7) is 6.06. The van der Waals surface area contributed by atoms with Gasteiger partial charge in [0.05, 0.1) is 12.1 Å². The van der Waals surface area contributed by atoms with Gasteiger partial charge in [-0.1, -0.05) is 74.8 Å². The second-order valence-electron chi connectivity index (χ2n) is 9.07. The number of rotatable bonds is 14. The number of nitrogens with one attached hydrogen (secondary N) is 4. The first-order valence-electron chi connectivity index (χ1n) is 12.4. The van der Waals surface area contributed by atoms with Crippen LogP contribution in [-0.4, -0.2) is 46.5 Å². The molecule has 0 spiro atoms. The van der Waals surface area contributed by atoms with Crippen molar-refractivity contribution in [1.29, 1.82) is 0 Å². The third-order valence-corrected chi connectivity index (χ3v) is 7.34. The first-order chi connectivity index (χ1) is 18.2. The van der Waals surface area contributed by atoms with Crippen LogP contribution in [0.1, 0.15) is 44.7 Å². The van der Waals surface area contributed by atoms with Gasteiger partial charge < -0.3 is 25.7 Å². The van der Waals surface area contributed by atoms with Gasteiger partial charge in [0.25, 0.3) is 5.91 Å². The van der Waals surface area contributed by atoms with E-state index in [0.29, 0.717) is 35.7 Å². The molecule has 4 N–H and O–H groups in total. The number of hydrogen-bond acceptors (Lipinski definition) is 5. The van der Waals surface area contributed by atoms with E-state index in [2.05, 4.69) is 20.9 Å². The van der Waals surface area contributed by atoms with E-state index in [1.54, 1.807) is 25.1 Å². The van der Waals surface area contributed by atoms with Crippen LogP contribution in [0.15, 0.2) is 48.5 Å². The quantitative estimate of drug-likeness (QED) is 0.209. The second-order valence-corrected chi connectivity index (χ2v) is 10.7. The lowest BCUT2D eigenvalue weighted by molar-refractivity contribution is -0.138. The summed E-state index contributed by atoms with van der Waals surface area (Å²) in [7, 11) is 1.16. The van der Waals surface area contributed by atoms with E-state index in [-0.39, 0.29) is 22.1 Å². The molecule has 0 aliphatic rings. The number of methoxy groups -OCH3 is 1. The number of halogens is 1. The highest BCUT2D eigenvalue weighted by atomic mass is 35.5. The van der Waals surface area contributed by atoms with E-state index in [9.17, 15) is 19.2 Å². The molecule has 4 amide bonds. The Morgan fingerprint density at radius 2 is 1.68 bits per heavy atom. The van der Waals surface area contributed by atoms with Crippen LogP contribution < -0.4 is 25.7 Å². The molecule has 2 aromatic carbocycles. The van der Waals surface area contributed by atoms with Gasteiger partial charge in [-0.05, 0) is 30.4 Å². The van der Waals surface area contributed by atoms with Gasteiger partial charge in [-0.3, -0.25) is 14.4 Å². The molecule has 2 atom stereocenters. The van der Waals surface area contributed by atoms with Crippen LogP contribution in [0.25, 0.3) is 0 Å². The van der Waals surface area contributed by atoms with Crippen molar-refractivity contribution in [2.45, 2.75) is 58.3 Å². The maximum atomic E-state index is 12.9. The van der Waals surface area contributed by atoms with Crippen molar-refractivity contribution in [1.82, 2.24) is 20.9 Å². The molecule has 0 aromatic heterocycles. The maximum Gasteiger partial charge on any atom is 0.315 e. The monoisotopic (exact) mass is 558 g/mol. The van der Waals surface area contributed by atoms with E-state index in [1.165, 1.54) is 7.11 Å². The van der Waals surface area contributed by atoms with E-state index >= 15 is 0 Å². The number of hydrogen-bond donors (Lipinski definition) is 4. The Hall–Kier alpha value is -3.37. The fraction of sp³-hybridized carbons (Fsp3) is 0.407. The van der Waals surface area contributed by atoms with Crippen LogP contribution in [0.3, 0.4) is 0 Å². The van der Waals surface area contributed by atoms with Gasteiger partial charge >= 0.3 is 6.03 Å². The lowest BCUT2D eigenvalue weighted by Crippen LogP contribution is -2.52. The Bertz CT molecular complexity index is 1100. The molecule has 0 aliphatic carbocycles. The highest BCUT2D eigenvalue weighted by molar-refractivity contribution is 6.54. The summed E-state index contributed by atoms with van der Waals surface area (Å²) < 4.78 is 5.27. The van der Waals surface area contributed by atoms with Gasteiger partial charge in [0.1, 0.15) is 11.8 Å². The molecule has 0 saturated heterocycles. The minimum Gasteiger partial charge on any atom is -0.495 e.